The molecule has 1 aliphatic carbocycles. The Morgan fingerprint density at radius 3 is 2.31 bits per heavy atom. The summed E-state index contributed by atoms with van der Waals surface area (Å²) in [5.74, 6) is -1.16. The van der Waals surface area contributed by atoms with Crippen LogP contribution < -0.4 is 0 Å². The van der Waals surface area contributed by atoms with Gasteiger partial charge < -0.3 is 10.0 Å². The minimum atomic E-state index is -0.757. The molecule has 1 saturated heterocycles. The topological polar surface area (TPSA) is 57.6 Å². The number of carboxylic acids is 1. The summed E-state index contributed by atoms with van der Waals surface area (Å²) < 4.78 is 14.7. The minimum Gasteiger partial charge on any atom is -0.481 e. The van der Waals surface area contributed by atoms with E-state index in [2.05, 4.69) is 0 Å². The summed E-state index contributed by atoms with van der Waals surface area (Å²) in [5, 5.41) is 9.87. The van der Waals surface area contributed by atoms with Gasteiger partial charge in [-0.25, -0.2) is 4.39 Å². The Bertz CT molecular complexity index is 900. The first-order valence-electron chi connectivity index (χ1n) is 10.4. The van der Waals surface area contributed by atoms with Crippen molar-refractivity contribution < 1.29 is 19.1 Å². The maximum atomic E-state index is 14.7. The number of piperidine rings is 1. The first-order chi connectivity index (χ1) is 14.0. The molecular weight excluding hydrogens is 369 g/mol. The Balaban J connectivity index is 1.55. The van der Waals surface area contributed by atoms with E-state index in [9.17, 15) is 19.1 Å². The van der Waals surface area contributed by atoms with Crippen molar-refractivity contribution in [3.63, 3.8) is 0 Å². The number of amides is 1. The van der Waals surface area contributed by atoms with Gasteiger partial charge in [-0.15, -0.1) is 0 Å². The monoisotopic (exact) mass is 395 g/mol. The molecule has 1 amide bonds. The molecule has 0 radical (unpaired) electrons. The maximum Gasteiger partial charge on any atom is 0.309 e. The SMILES string of the molecule is O=C(c1c(F)cccc1-c1ccccc1)N1CCC(CC2CCC2)(C(=O)O)CC1. The van der Waals surface area contributed by atoms with E-state index in [-0.39, 0.29) is 11.5 Å². The van der Waals surface area contributed by atoms with E-state index >= 15 is 0 Å². The lowest BCUT2D eigenvalue weighted by Gasteiger charge is -2.42. The summed E-state index contributed by atoms with van der Waals surface area (Å²) in [4.78, 5) is 26.9. The van der Waals surface area contributed by atoms with E-state index in [1.54, 1.807) is 17.0 Å². The van der Waals surface area contributed by atoms with Crippen molar-refractivity contribution >= 4 is 11.9 Å². The smallest absolute Gasteiger partial charge is 0.309 e. The number of carbonyl (C=O) groups is 2. The molecule has 5 heteroatoms. The molecule has 0 aromatic heterocycles. The van der Waals surface area contributed by atoms with Gasteiger partial charge in [0.25, 0.3) is 5.91 Å². The molecule has 0 atom stereocenters. The number of hydrogen-bond donors (Lipinski definition) is 1. The zero-order valence-electron chi connectivity index (χ0n) is 16.4. The molecule has 1 heterocycles. The molecule has 4 nitrogen and oxygen atoms in total. The predicted molar refractivity (Wildman–Crippen MR) is 109 cm³/mol. The number of halogens is 1. The third-order valence-electron chi connectivity index (χ3n) is 6.68. The first kappa shape index (κ1) is 19.6. The van der Waals surface area contributed by atoms with E-state index in [4.69, 9.17) is 0 Å². The number of rotatable bonds is 5. The van der Waals surface area contributed by atoms with Gasteiger partial charge >= 0.3 is 5.97 Å². The third kappa shape index (κ3) is 3.78. The van der Waals surface area contributed by atoms with Crippen molar-refractivity contribution in [2.24, 2.45) is 11.3 Å². The standard InChI is InChI=1S/C24H26FNO3/c25-20-11-5-10-19(18-8-2-1-3-9-18)21(20)22(27)26-14-12-24(13-15-26,23(28)29)16-17-6-4-7-17/h1-3,5,8-11,17H,4,6-7,12-16H2,(H,28,29). The number of carboxylic acid groups (broad SMARTS) is 1. The van der Waals surface area contributed by atoms with Gasteiger partial charge in [0.05, 0.1) is 11.0 Å². The average molecular weight is 395 g/mol. The highest BCUT2D eigenvalue weighted by atomic mass is 19.1. The van der Waals surface area contributed by atoms with Gasteiger partial charge in [-0.2, -0.15) is 0 Å². The van der Waals surface area contributed by atoms with Gasteiger partial charge in [-0.05, 0) is 42.4 Å². The lowest BCUT2D eigenvalue weighted by Crippen LogP contribution is -2.48. The number of hydrogen-bond acceptors (Lipinski definition) is 2. The van der Waals surface area contributed by atoms with Crippen LogP contribution in [0.3, 0.4) is 0 Å². The second-order valence-corrected chi connectivity index (χ2v) is 8.41. The fraction of sp³-hybridized carbons (Fsp3) is 0.417. The van der Waals surface area contributed by atoms with Crippen molar-refractivity contribution in [1.82, 2.24) is 4.90 Å². The minimum absolute atomic E-state index is 0.0699. The zero-order chi connectivity index (χ0) is 20.4. The highest BCUT2D eigenvalue weighted by molar-refractivity contribution is 6.01. The molecule has 4 rings (SSSR count). The average Bonchev–Trinajstić information content (AvgIpc) is 2.71. The van der Waals surface area contributed by atoms with Crippen LogP contribution in [0, 0.1) is 17.2 Å². The summed E-state index contributed by atoms with van der Waals surface area (Å²) in [6.45, 7) is 0.695. The van der Waals surface area contributed by atoms with Crippen LogP contribution in [0.5, 0.6) is 0 Å². The number of benzene rings is 2. The van der Waals surface area contributed by atoms with E-state index < -0.39 is 17.2 Å². The molecule has 152 valence electrons. The summed E-state index contributed by atoms with van der Waals surface area (Å²) in [7, 11) is 0. The molecule has 2 fully saturated rings. The van der Waals surface area contributed by atoms with Gasteiger partial charge in [0.2, 0.25) is 0 Å². The van der Waals surface area contributed by atoms with Gasteiger partial charge in [0.15, 0.2) is 0 Å². The molecule has 0 spiro atoms. The predicted octanol–water partition coefficient (Wildman–Crippen LogP) is 4.99. The first-order valence-corrected chi connectivity index (χ1v) is 10.4. The molecule has 2 aliphatic rings. The van der Waals surface area contributed by atoms with Gasteiger partial charge in [-0.1, -0.05) is 61.7 Å². The van der Waals surface area contributed by atoms with E-state index in [1.807, 2.05) is 30.3 Å². The normalized spacial score (nSPS) is 18.9. The third-order valence-corrected chi connectivity index (χ3v) is 6.68. The largest absolute Gasteiger partial charge is 0.481 e. The Morgan fingerprint density at radius 1 is 1.03 bits per heavy atom. The number of aliphatic carboxylic acids is 1. The van der Waals surface area contributed by atoms with Gasteiger partial charge in [0, 0.05) is 13.1 Å². The van der Waals surface area contributed by atoms with Crippen LogP contribution in [0.2, 0.25) is 0 Å². The summed E-state index contributed by atoms with van der Waals surface area (Å²) in [6, 6.07) is 14.0. The summed E-state index contributed by atoms with van der Waals surface area (Å²) >= 11 is 0. The Kier molecular flexibility index (Phi) is 5.39. The van der Waals surface area contributed by atoms with E-state index in [0.717, 1.165) is 18.4 Å². The van der Waals surface area contributed by atoms with Crippen molar-refractivity contribution in [1.29, 1.82) is 0 Å². The van der Waals surface area contributed by atoms with Crippen LogP contribution in [0.25, 0.3) is 11.1 Å². The van der Waals surface area contributed by atoms with Crippen LogP contribution in [0.15, 0.2) is 48.5 Å². The fourth-order valence-corrected chi connectivity index (χ4v) is 4.65. The van der Waals surface area contributed by atoms with E-state index in [0.29, 0.717) is 43.8 Å². The zero-order valence-corrected chi connectivity index (χ0v) is 16.4. The highest BCUT2D eigenvalue weighted by Crippen LogP contribution is 2.44. The second-order valence-electron chi connectivity index (χ2n) is 8.41. The maximum absolute atomic E-state index is 14.7. The molecular formula is C24H26FNO3. The molecule has 29 heavy (non-hydrogen) atoms. The number of nitrogens with zero attached hydrogens (tertiary/aromatic N) is 1. The lowest BCUT2D eigenvalue weighted by molar-refractivity contribution is -0.153. The van der Waals surface area contributed by atoms with Gasteiger partial charge in [0.1, 0.15) is 5.82 Å². The molecule has 2 aromatic carbocycles. The van der Waals surface area contributed by atoms with Crippen LogP contribution in [0.1, 0.15) is 48.9 Å². The van der Waals surface area contributed by atoms with Crippen molar-refractivity contribution in [2.45, 2.75) is 38.5 Å². The molecule has 1 N–H and O–H groups in total. The number of carbonyl (C=O) groups excluding carboxylic acids is 1. The van der Waals surface area contributed by atoms with Crippen LogP contribution in [-0.4, -0.2) is 35.0 Å². The Hall–Kier alpha value is -2.69. The fourth-order valence-electron chi connectivity index (χ4n) is 4.65. The quantitative estimate of drug-likeness (QED) is 0.776. The summed E-state index contributed by atoms with van der Waals surface area (Å²) in [5.41, 5.74) is 0.678. The molecule has 1 saturated carbocycles. The van der Waals surface area contributed by atoms with Crippen molar-refractivity contribution in [3.8, 4) is 11.1 Å². The number of likely N-dealkylation sites (tertiary alicyclic amines) is 1. The van der Waals surface area contributed by atoms with Crippen LogP contribution in [0.4, 0.5) is 4.39 Å². The molecule has 0 unspecified atom stereocenters. The highest BCUT2D eigenvalue weighted by Gasteiger charge is 2.45. The molecule has 0 bridgehead atoms. The Labute approximate surface area is 170 Å². The molecule has 2 aromatic rings. The summed E-state index contributed by atoms with van der Waals surface area (Å²) in [6.07, 6.45) is 4.94. The van der Waals surface area contributed by atoms with Crippen LogP contribution in [-0.2, 0) is 4.79 Å². The van der Waals surface area contributed by atoms with Crippen molar-refractivity contribution in [2.75, 3.05) is 13.1 Å². The molecule has 1 aliphatic heterocycles. The lowest BCUT2D eigenvalue weighted by atomic mass is 9.67. The second kappa shape index (κ2) is 7.97. The van der Waals surface area contributed by atoms with Crippen molar-refractivity contribution in [3.05, 3.63) is 59.9 Å². The van der Waals surface area contributed by atoms with Gasteiger partial charge in [-0.3, -0.25) is 9.59 Å². The van der Waals surface area contributed by atoms with Crippen LogP contribution >= 0.6 is 0 Å². The Morgan fingerprint density at radius 2 is 1.72 bits per heavy atom. The van der Waals surface area contributed by atoms with E-state index in [1.165, 1.54) is 12.5 Å².